The van der Waals surface area contributed by atoms with Crippen molar-refractivity contribution < 1.29 is 13.2 Å². The topological polar surface area (TPSA) is 63.2 Å². The predicted octanol–water partition coefficient (Wildman–Crippen LogP) is 1.13. The molecule has 0 amide bonds. The molecule has 0 aliphatic heterocycles. The molecular formula is C12H17NO3S. The molecule has 17 heavy (non-hydrogen) atoms. The van der Waals surface area contributed by atoms with E-state index in [0.717, 1.165) is 11.8 Å². The Bertz CT molecular complexity index is 468. The third kappa shape index (κ3) is 5.60. The zero-order valence-corrected chi connectivity index (χ0v) is 10.8. The summed E-state index contributed by atoms with van der Waals surface area (Å²) in [4.78, 5) is 11.3. The van der Waals surface area contributed by atoms with Crippen LogP contribution in [-0.2, 0) is 21.2 Å². The predicted molar refractivity (Wildman–Crippen MR) is 67.2 cm³/mol. The lowest BCUT2D eigenvalue weighted by atomic mass is 10.0. The molecule has 4 nitrogen and oxygen atoms in total. The Morgan fingerprint density at radius 1 is 1.29 bits per heavy atom. The van der Waals surface area contributed by atoms with Crippen LogP contribution in [0.2, 0.25) is 0 Å². The molecular weight excluding hydrogens is 238 g/mol. The lowest BCUT2D eigenvalue weighted by Crippen LogP contribution is -2.39. The lowest BCUT2D eigenvalue weighted by Gasteiger charge is -2.14. The Balaban J connectivity index is 2.60. The maximum Gasteiger partial charge on any atom is 0.209 e. The van der Waals surface area contributed by atoms with Gasteiger partial charge in [-0.25, -0.2) is 13.1 Å². The number of sulfonamides is 1. The van der Waals surface area contributed by atoms with Crippen LogP contribution in [0.3, 0.4) is 0 Å². The summed E-state index contributed by atoms with van der Waals surface area (Å²) < 4.78 is 24.5. The number of hydrogen-bond acceptors (Lipinski definition) is 3. The van der Waals surface area contributed by atoms with E-state index in [0.29, 0.717) is 12.8 Å². The number of Topliss-reactive ketones (excluding diaryl/α,β-unsaturated/α-hetero) is 1. The van der Waals surface area contributed by atoms with Crippen molar-refractivity contribution in [2.75, 3.05) is 6.26 Å². The van der Waals surface area contributed by atoms with Gasteiger partial charge in [0.25, 0.3) is 0 Å². The minimum atomic E-state index is -3.34. The van der Waals surface area contributed by atoms with Gasteiger partial charge >= 0.3 is 0 Å². The van der Waals surface area contributed by atoms with Gasteiger partial charge in [0, 0.05) is 0 Å². The molecule has 5 heteroatoms. The third-order valence-electron chi connectivity index (χ3n) is 2.41. The highest BCUT2D eigenvalue weighted by Crippen LogP contribution is 2.06. The first kappa shape index (κ1) is 13.9. The molecule has 1 aromatic carbocycles. The monoisotopic (exact) mass is 255 g/mol. The smallest absolute Gasteiger partial charge is 0.209 e. The molecule has 0 saturated carbocycles. The highest BCUT2D eigenvalue weighted by Gasteiger charge is 2.17. The van der Waals surface area contributed by atoms with Gasteiger partial charge in [0.1, 0.15) is 5.78 Å². The van der Waals surface area contributed by atoms with Crippen molar-refractivity contribution in [3.8, 4) is 0 Å². The summed E-state index contributed by atoms with van der Waals surface area (Å²) in [6, 6.07) is 9.03. The second-order valence-electron chi connectivity index (χ2n) is 4.08. The molecule has 0 aliphatic rings. The molecule has 0 bridgehead atoms. The zero-order chi connectivity index (χ0) is 12.9. The van der Waals surface area contributed by atoms with Gasteiger partial charge in [-0.15, -0.1) is 0 Å². The van der Waals surface area contributed by atoms with Gasteiger partial charge in [-0.1, -0.05) is 30.3 Å². The van der Waals surface area contributed by atoms with E-state index in [1.54, 1.807) is 0 Å². The van der Waals surface area contributed by atoms with E-state index in [4.69, 9.17) is 0 Å². The number of benzene rings is 1. The first-order valence-electron chi connectivity index (χ1n) is 5.40. The fourth-order valence-electron chi connectivity index (χ4n) is 1.56. The fraction of sp³-hybridized carbons (Fsp3) is 0.417. The van der Waals surface area contributed by atoms with Crippen LogP contribution in [-0.4, -0.2) is 26.5 Å². The maximum atomic E-state index is 11.3. The summed E-state index contributed by atoms with van der Waals surface area (Å²) in [7, 11) is -3.34. The minimum Gasteiger partial charge on any atom is -0.298 e. The molecule has 94 valence electrons. The molecule has 0 aromatic heterocycles. The number of ketones is 1. The van der Waals surface area contributed by atoms with Gasteiger partial charge in [0.15, 0.2) is 0 Å². The van der Waals surface area contributed by atoms with Crippen molar-refractivity contribution in [2.45, 2.75) is 25.8 Å². The second-order valence-corrected chi connectivity index (χ2v) is 5.86. The third-order valence-corrected chi connectivity index (χ3v) is 3.12. The summed E-state index contributed by atoms with van der Waals surface area (Å²) >= 11 is 0. The number of carbonyl (C=O) groups is 1. The van der Waals surface area contributed by atoms with Crippen molar-refractivity contribution in [3.63, 3.8) is 0 Å². The second kappa shape index (κ2) is 5.93. The number of carbonyl (C=O) groups excluding carboxylic acids is 1. The fourth-order valence-corrected chi connectivity index (χ4v) is 2.36. The number of aryl methyl sites for hydroxylation is 1. The van der Waals surface area contributed by atoms with Gasteiger partial charge < -0.3 is 0 Å². The standard InChI is InChI=1S/C12H17NO3S/c1-10(14)12(13-17(2,15)16)9-8-11-6-4-3-5-7-11/h3-7,12-13H,8-9H2,1-2H3/t12-/m1/s1. The average molecular weight is 255 g/mol. The van der Waals surface area contributed by atoms with Gasteiger partial charge in [-0.05, 0) is 25.3 Å². The van der Waals surface area contributed by atoms with Crippen LogP contribution in [0.5, 0.6) is 0 Å². The first-order chi connectivity index (χ1) is 7.88. The van der Waals surface area contributed by atoms with Gasteiger partial charge in [-0.2, -0.15) is 0 Å². The molecule has 0 unspecified atom stereocenters. The summed E-state index contributed by atoms with van der Waals surface area (Å²) in [5.74, 6) is -0.161. The molecule has 0 heterocycles. The van der Waals surface area contributed by atoms with Crippen LogP contribution in [0.15, 0.2) is 30.3 Å². The molecule has 1 rings (SSSR count). The highest BCUT2D eigenvalue weighted by atomic mass is 32.2. The van der Waals surface area contributed by atoms with E-state index in [1.807, 2.05) is 30.3 Å². The average Bonchev–Trinajstić information content (AvgIpc) is 2.24. The van der Waals surface area contributed by atoms with Crippen molar-refractivity contribution in [2.24, 2.45) is 0 Å². The Morgan fingerprint density at radius 3 is 2.35 bits per heavy atom. The van der Waals surface area contributed by atoms with E-state index in [2.05, 4.69) is 4.72 Å². The largest absolute Gasteiger partial charge is 0.298 e. The van der Waals surface area contributed by atoms with E-state index in [1.165, 1.54) is 6.92 Å². The first-order valence-corrected chi connectivity index (χ1v) is 7.29. The molecule has 0 saturated heterocycles. The molecule has 1 N–H and O–H groups in total. The maximum absolute atomic E-state index is 11.3. The van der Waals surface area contributed by atoms with Gasteiger partial charge in [-0.3, -0.25) is 4.79 Å². The van der Waals surface area contributed by atoms with Crippen LogP contribution in [0.4, 0.5) is 0 Å². The SMILES string of the molecule is CC(=O)[C@@H](CCc1ccccc1)NS(C)(=O)=O. The highest BCUT2D eigenvalue weighted by molar-refractivity contribution is 7.88. The molecule has 0 aliphatic carbocycles. The van der Waals surface area contributed by atoms with E-state index in [9.17, 15) is 13.2 Å². The Labute approximate surface area is 102 Å². The van der Waals surface area contributed by atoms with Crippen LogP contribution >= 0.6 is 0 Å². The van der Waals surface area contributed by atoms with Crippen LogP contribution in [0, 0.1) is 0 Å². The summed E-state index contributed by atoms with van der Waals surface area (Å²) in [5, 5.41) is 0. The van der Waals surface area contributed by atoms with Crippen molar-refractivity contribution in [1.82, 2.24) is 4.72 Å². The molecule has 1 atom stereocenters. The van der Waals surface area contributed by atoms with Crippen LogP contribution < -0.4 is 4.72 Å². The number of rotatable bonds is 6. The van der Waals surface area contributed by atoms with Gasteiger partial charge in [0.2, 0.25) is 10.0 Å². The Hall–Kier alpha value is -1.20. The van der Waals surface area contributed by atoms with Gasteiger partial charge in [0.05, 0.1) is 12.3 Å². The molecule has 1 aromatic rings. The van der Waals surface area contributed by atoms with Crippen molar-refractivity contribution in [1.29, 1.82) is 0 Å². The van der Waals surface area contributed by atoms with E-state index >= 15 is 0 Å². The normalized spacial score (nSPS) is 13.3. The minimum absolute atomic E-state index is 0.161. The van der Waals surface area contributed by atoms with Crippen molar-refractivity contribution >= 4 is 15.8 Å². The summed E-state index contributed by atoms with van der Waals surface area (Å²) in [5.41, 5.74) is 1.09. The molecule has 0 fully saturated rings. The van der Waals surface area contributed by atoms with Crippen LogP contribution in [0.1, 0.15) is 18.9 Å². The zero-order valence-electron chi connectivity index (χ0n) is 10.0. The van der Waals surface area contributed by atoms with E-state index in [-0.39, 0.29) is 5.78 Å². The lowest BCUT2D eigenvalue weighted by molar-refractivity contribution is -0.118. The quantitative estimate of drug-likeness (QED) is 0.828. The summed E-state index contributed by atoms with van der Waals surface area (Å²) in [6.07, 6.45) is 2.21. The molecule has 0 radical (unpaired) electrons. The van der Waals surface area contributed by atoms with Crippen LogP contribution in [0.25, 0.3) is 0 Å². The summed E-state index contributed by atoms with van der Waals surface area (Å²) in [6.45, 7) is 1.40. The van der Waals surface area contributed by atoms with Crippen molar-refractivity contribution in [3.05, 3.63) is 35.9 Å². The number of hydrogen-bond donors (Lipinski definition) is 1. The molecule has 0 spiro atoms. The van der Waals surface area contributed by atoms with E-state index < -0.39 is 16.1 Å². The Kier molecular flexibility index (Phi) is 4.84. The Morgan fingerprint density at radius 2 is 1.88 bits per heavy atom. The number of nitrogens with one attached hydrogen (secondary N) is 1.